The van der Waals surface area contributed by atoms with E-state index in [2.05, 4.69) is 11.4 Å². The Morgan fingerprint density at radius 3 is 2.46 bits per heavy atom. The van der Waals surface area contributed by atoms with Gasteiger partial charge in [0.05, 0.1) is 25.0 Å². The number of carbonyl (C=O) groups excluding carboxylic acids is 2. The summed E-state index contributed by atoms with van der Waals surface area (Å²) < 4.78 is 5.73. The Balaban J connectivity index is 1.47. The number of hydrogen-bond acceptors (Lipinski definition) is 6. The first-order valence-corrected chi connectivity index (χ1v) is 12.0. The van der Waals surface area contributed by atoms with Gasteiger partial charge < -0.3 is 25.0 Å². The maximum Gasteiger partial charge on any atom is 0.475 e. The normalized spacial score (nSPS) is 15.2. The Morgan fingerprint density at radius 2 is 1.83 bits per heavy atom. The van der Waals surface area contributed by atoms with Gasteiger partial charge in [0.1, 0.15) is 11.7 Å². The van der Waals surface area contributed by atoms with Crippen LogP contribution in [-0.2, 0) is 22.4 Å². The highest BCUT2D eigenvalue weighted by molar-refractivity contribution is 6.43. The molecule has 1 aliphatic rings. The molecule has 2 aromatic carbocycles. The Labute approximate surface area is 206 Å². The molecular weight excluding hydrogens is 445 g/mol. The molecule has 2 aromatic rings. The third-order valence-corrected chi connectivity index (χ3v) is 6.20. The number of amides is 2. The molecule has 184 valence electrons. The molecule has 3 rings (SSSR count). The van der Waals surface area contributed by atoms with Gasteiger partial charge in [-0.3, -0.25) is 9.59 Å². The Kier molecular flexibility index (Phi) is 9.71. The molecule has 1 saturated heterocycles. The quantitative estimate of drug-likeness (QED) is 0.401. The van der Waals surface area contributed by atoms with Crippen molar-refractivity contribution < 1.29 is 24.4 Å². The van der Waals surface area contributed by atoms with Gasteiger partial charge in [-0.25, -0.2) is 0 Å². The van der Waals surface area contributed by atoms with Gasteiger partial charge in [-0.05, 0) is 48.4 Å². The molecule has 35 heavy (non-hydrogen) atoms. The van der Waals surface area contributed by atoms with Crippen LogP contribution in [0.2, 0.25) is 0 Å². The zero-order chi connectivity index (χ0) is 25.2. The first-order valence-electron chi connectivity index (χ1n) is 12.0. The molecule has 0 aliphatic carbocycles. The summed E-state index contributed by atoms with van der Waals surface area (Å²) in [5, 5.41) is 31.4. The van der Waals surface area contributed by atoms with Crippen molar-refractivity contribution in [1.29, 1.82) is 5.26 Å². The molecule has 0 bridgehead atoms. The Morgan fingerprint density at radius 1 is 1.11 bits per heavy atom. The molecule has 0 radical (unpaired) electrons. The molecule has 8 nitrogen and oxygen atoms in total. The van der Waals surface area contributed by atoms with Gasteiger partial charge in [-0.2, -0.15) is 5.26 Å². The molecule has 3 atom stereocenters. The largest absolute Gasteiger partial charge is 0.493 e. The van der Waals surface area contributed by atoms with Crippen LogP contribution in [0.4, 0.5) is 0 Å². The first-order chi connectivity index (χ1) is 16.9. The summed E-state index contributed by atoms with van der Waals surface area (Å²) in [5.74, 6) is -1.47. The minimum Gasteiger partial charge on any atom is -0.493 e. The summed E-state index contributed by atoms with van der Waals surface area (Å²) in [6, 6.07) is 18.9. The predicted molar refractivity (Wildman–Crippen MR) is 132 cm³/mol. The molecule has 3 N–H and O–H groups in total. The highest BCUT2D eigenvalue weighted by Gasteiger charge is 2.32. The minimum absolute atomic E-state index is 0.0550. The van der Waals surface area contributed by atoms with Crippen molar-refractivity contribution >= 4 is 18.9 Å². The van der Waals surface area contributed by atoms with Crippen molar-refractivity contribution in [2.75, 3.05) is 19.7 Å². The van der Waals surface area contributed by atoms with Gasteiger partial charge in [-0.15, -0.1) is 0 Å². The maximum absolute atomic E-state index is 12.5. The van der Waals surface area contributed by atoms with Gasteiger partial charge in [-0.1, -0.05) is 49.4 Å². The van der Waals surface area contributed by atoms with Crippen LogP contribution in [0.15, 0.2) is 54.6 Å². The second kappa shape index (κ2) is 12.9. The average Bonchev–Trinajstić information content (AvgIpc) is 2.79. The van der Waals surface area contributed by atoms with Crippen LogP contribution in [0.3, 0.4) is 0 Å². The lowest BCUT2D eigenvalue weighted by molar-refractivity contribution is -0.138. The van der Waals surface area contributed by atoms with Crippen molar-refractivity contribution in [2.45, 2.75) is 38.5 Å². The number of nitrogens with one attached hydrogen (secondary N) is 1. The van der Waals surface area contributed by atoms with Crippen LogP contribution in [0.1, 0.15) is 30.9 Å². The Hall–Kier alpha value is -3.35. The van der Waals surface area contributed by atoms with E-state index in [4.69, 9.17) is 4.74 Å². The third kappa shape index (κ3) is 7.84. The summed E-state index contributed by atoms with van der Waals surface area (Å²) >= 11 is 0. The number of nitriles is 1. The van der Waals surface area contributed by atoms with Gasteiger partial charge in [0.15, 0.2) is 0 Å². The molecule has 1 fully saturated rings. The van der Waals surface area contributed by atoms with E-state index in [9.17, 15) is 24.9 Å². The summed E-state index contributed by atoms with van der Waals surface area (Å²) in [5.41, 5.74) is 1.83. The summed E-state index contributed by atoms with van der Waals surface area (Å²) in [4.78, 5) is 26.5. The average molecular weight is 477 g/mol. The first kappa shape index (κ1) is 26.3. The standard InChI is InChI=1S/C26H32BN3O5/c1-19(23(18-28)26(32)30-12-6-13-30)15-21-9-5-10-22(16-21)35-14-11-25(31)29-24(27(33)34)17-20-7-3-2-4-8-20/h2-5,7-10,16,19,23-24,33-34H,6,11-15,17H2,1H3,(H,29,31)/t19?,23?,24-/m0/s1. The number of likely N-dealkylation sites (tertiary alicyclic amines) is 1. The zero-order valence-electron chi connectivity index (χ0n) is 20.0. The van der Waals surface area contributed by atoms with Crippen molar-refractivity contribution in [3.63, 3.8) is 0 Å². The van der Waals surface area contributed by atoms with E-state index in [1.54, 1.807) is 11.0 Å². The lowest BCUT2D eigenvalue weighted by Crippen LogP contribution is -2.48. The predicted octanol–water partition coefficient (Wildman–Crippen LogP) is 1.75. The van der Waals surface area contributed by atoms with Crippen molar-refractivity contribution in [2.24, 2.45) is 11.8 Å². The maximum atomic E-state index is 12.5. The molecule has 2 amide bonds. The SMILES string of the molecule is CC(Cc1cccc(OCCC(=O)N[C@@H](Cc2ccccc2)B(O)O)c1)C(C#N)C(=O)N1CCC1. The monoisotopic (exact) mass is 477 g/mol. The van der Waals surface area contributed by atoms with Crippen LogP contribution in [0, 0.1) is 23.2 Å². The lowest BCUT2D eigenvalue weighted by atomic mass is 9.76. The fourth-order valence-electron chi connectivity index (χ4n) is 4.05. The number of benzene rings is 2. The minimum atomic E-state index is -1.68. The highest BCUT2D eigenvalue weighted by Crippen LogP contribution is 2.23. The van der Waals surface area contributed by atoms with E-state index >= 15 is 0 Å². The van der Waals surface area contributed by atoms with Crippen molar-refractivity contribution in [1.82, 2.24) is 10.2 Å². The number of nitrogens with zero attached hydrogens (tertiary/aromatic N) is 2. The summed E-state index contributed by atoms with van der Waals surface area (Å²) in [6.07, 6.45) is 1.91. The fourth-order valence-corrected chi connectivity index (χ4v) is 4.05. The molecule has 9 heteroatoms. The van der Waals surface area contributed by atoms with E-state index in [0.29, 0.717) is 18.6 Å². The topological polar surface area (TPSA) is 123 Å². The summed E-state index contributed by atoms with van der Waals surface area (Å²) in [6.45, 7) is 3.49. The van der Waals surface area contributed by atoms with Crippen LogP contribution in [-0.4, -0.2) is 59.5 Å². The smallest absolute Gasteiger partial charge is 0.475 e. The molecule has 2 unspecified atom stereocenters. The van der Waals surface area contributed by atoms with Gasteiger partial charge >= 0.3 is 7.12 Å². The molecular formula is C26H32BN3O5. The van der Waals surface area contributed by atoms with Gasteiger partial charge in [0.25, 0.3) is 0 Å². The lowest BCUT2D eigenvalue weighted by Gasteiger charge is -2.33. The number of rotatable bonds is 12. The van der Waals surface area contributed by atoms with Crippen molar-refractivity contribution in [3.8, 4) is 11.8 Å². The molecule has 0 saturated carbocycles. The number of ether oxygens (including phenoxy) is 1. The van der Waals surface area contributed by atoms with E-state index in [1.807, 2.05) is 55.5 Å². The zero-order valence-corrected chi connectivity index (χ0v) is 20.0. The van der Waals surface area contributed by atoms with E-state index < -0.39 is 19.0 Å². The van der Waals surface area contributed by atoms with Crippen LogP contribution in [0.25, 0.3) is 0 Å². The van der Waals surface area contributed by atoms with Crippen LogP contribution < -0.4 is 10.1 Å². The van der Waals surface area contributed by atoms with Gasteiger partial charge in [0.2, 0.25) is 11.8 Å². The second-order valence-electron chi connectivity index (χ2n) is 8.99. The molecule has 0 aromatic heterocycles. The Bertz CT molecular complexity index is 1020. The van der Waals surface area contributed by atoms with E-state index in [-0.39, 0.29) is 30.8 Å². The third-order valence-electron chi connectivity index (χ3n) is 6.20. The fraction of sp³-hybridized carbons (Fsp3) is 0.423. The molecule has 1 aliphatic heterocycles. The summed E-state index contributed by atoms with van der Waals surface area (Å²) in [7, 11) is -1.68. The highest BCUT2D eigenvalue weighted by atomic mass is 16.5. The second-order valence-corrected chi connectivity index (χ2v) is 8.99. The van der Waals surface area contributed by atoms with Crippen molar-refractivity contribution in [3.05, 3.63) is 65.7 Å². The number of hydrogen-bond donors (Lipinski definition) is 3. The van der Waals surface area contributed by atoms with E-state index in [0.717, 1.165) is 30.6 Å². The molecule has 0 spiro atoms. The number of carbonyl (C=O) groups is 2. The van der Waals surface area contributed by atoms with Crippen LogP contribution in [0.5, 0.6) is 5.75 Å². The van der Waals surface area contributed by atoms with E-state index in [1.165, 1.54) is 0 Å². The van der Waals surface area contributed by atoms with Crippen LogP contribution >= 0.6 is 0 Å². The molecule has 1 heterocycles. The van der Waals surface area contributed by atoms with Gasteiger partial charge in [0, 0.05) is 13.1 Å².